The molecule has 1 heterocycles. The van der Waals surface area contributed by atoms with Crippen LogP contribution in [-0.2, 0) is 0 Å². The summed E-state index contributed by atoms with van der Waals surface area (Å²) in [5.74, 6) is 0. The van der Waals surface area contributed by atoms with E-state index in [0.717, 1.165) is 22.0 Å². The third-order valence-electron chi connectivity index (χ3n) is 4.12. The van der Waals surface area contributed by atoms with Crippen LogP contribution in [0.2, 0.25) is 0 Å². The highest BCUT2D eigenvalue weighted by atomic mass is 32.1. The fourth-order valence-corrected chi connectivity index (χ4v) is 3.09. The van der Waals surface area contributed by atoms with Gasteiger partial charge in [0, 0.05) is 17.0 Å². The number of rotatable bonds is 6. The molecule has 0 radical (unpaired) electrons. The summed E-state index contributed by atoms with van der Waals surface area (Å²) in [6.45, 7) is 2.19. The van der Waals surface area contributed by atoms with Crippen LogP contribution in [0.15, 0.2) is 65.1 Å². The van der Waals surface area contributed by atoms with Crippen molar-refractivity contribution >= 4 is 22.7 Å². The zero-order valence-electron chi connectivity index (χ0n) is 14.7. The van der Waals surface area contributed by atoms with Gasteiger partial charge in [-0.1, -0.05) is 48.5 Å². The third kappa shape index (κ3) is 4.53. The van der Waals surface area contributed by atoms with Crippen molar-refractivity contribution in [3.8, 4) is 11.3 Å². The zero-order valence-corrected chi connectivity index (χ0v) is 15.5. The van der Waals surface area contributed by atoms with Crippen molar-refractivity contribution in [3.63, 3.8) is 0 Å². The van der Waals surface area contributed by atoms with E-state index in [2.05, 4.69) is 71.8 Å². The van der Waals surface area contributed by atoms with Gasteiger partial charge in [-0.05, 0) is 38.2 Å². The molecule has 1 aromatic heterocycles. The van der Waals surface area contributed by atoms with Gasteiger partial charge in [-0.15, -0.1) is 11.3 Å². The van der Waals surface area contributed by atoms with E-state index in [-0.39, 0.29) is 0 Å². The minimum absolute atomic E-state index is 0.369. The summed E-state index contributed by atoms with van der Waals surface area (Å²) in [6, 6.07) is 18.9. The van der Waals surface area contributed by atoms with Gasteiger partial charge in [-0.25, -0.2) is 4.98 Å². The molecule has 3 aromatic rings. The van der Waals surface area contributed by atoms with E-state index >= 15 is 0 Å². The number of nitrogens with one attached hydrogen (secondary N) is 1. The van der Waals surface area contributed by atoms with Gasteiger partial charge in [-0.3, -0.25) is 5.43 Å². The second-order valence-corrected chi connectivity index (χ2v) is 6.94. The number of hydrazone groups is 1. The van der Waals surface area contributed by atoms with E-state index < -0.39 is 0 Å². The van der Waals surface area contributed by atoms with Crippen molar-refractivity contribution in [3.05, 3.63) is 71.1 Å². The average molecular weight is 350 g/mol. The molecule has 0 aliphatic rings. The van der Waals surface area contributed by atoms with E-state index in [9.17, 15) is 0 Å². The predicted octanol–water partition coefficient (Wildman–Crippen LogP) is 4.88. The molecule has 0 amide bonds. The lowest BCUT2D eigenvalue weighted by Gasteiger charge is -2.20. The third-order valence-corrected chi connectivity index (χ3v) is 4.86. The fraction of sp³-hybridized carbons (Fsp3) is 0.200. The van der Waals surface area contributed by atoms with Crippen LogP contribution in [-0.4, -0.2) is 30.2 Å². The summed E-state index contributed by atoms with van der Waals surface area (Å²) < 4.78 is 0. The summed E-state index contributed by atoms with van der Waals surface area (Å²) in [4.78, 5) is 6.76. The van der Waals surface area contributed by atoms with Gasteiger partial charge in [-0.2, -0.15) is 5.10 Å². The van der Waals surface area contributed by atoms with Gasteiger partial charge >= 0.3 is 0 Å². The quantitative estimate of drug-likeness (QED) is 0.509. The van der Waals surface area contributed by atoms with Gasteiger partial charge < -0.3 is 4.90 Å². The van der Waals surface area contributed by atoms with Crippen LogP contribution in [0, 0.1) is 0 Å². The lowest BCUT2D eigenvalue weighted by molar-refractivity contribution is 0.321. The lowest BCUT2D eigenvalue weighted by Crippen LogP contribution is -2.16. The highest BCUT2D eigenvalue weighted by Crippen LogP contribution is 2.24. The van der Waals surface area contributed by atoms with Crippen molar-refractivity contribution in [1.29, 1.82) is 0 Å². The van der Waals surface area contributed by atoms with E-state index in [1.165, 1.54) is 5.56 Å². The number of hydrogen-bond acceptors (Lipinski definition) is 5. The van der Waals surface area contributed by atoms with Gasteiger partial charge in [0.05, 0.1) is 11.9 Å². The molecule has 0 aliphatic heterocycles. The highest BCUT2D eigenvalue weighted by molar-refractivity contribution is 7.14. The first kappa shape index (κ1) is 17.3. The van der Waals surface area contributed by atoms with E-state index in [4.69, 9.17) is 0 Å². The van der Waals surface area contributed by atoms with Crippen LogP contribution >= 0.6 is 11.3 Å². The molecular weight excluding hydrogens is 328 g/mol. The number of thiazole rings is 1. The smallest absolute Gasteiger partial charge is 0.203 e. The van der Waals surface area contributed by atoms with Crippen molar-refractivity contribution in [2.75, 3.05) is 19.5 Å². The molecule has 4 nitrogen and oxygen atoms in total. The topological polar surface area (TPSA) is 40.5 Å². The summed E-state index contributed by atoms with van der Waals surface area (Å²) in [7, 11) is 4.17. The molecule has 0 bridgehead atoms. The molecule has 2 aromatic carbocycles. The molecule has 0 fully saturated rings. The Kier molecular flexibility index (Phi) is 5.58. The van der Waals surface area contributed by atoms with Crippen LogP contribution < -0.4 is 5.43 Å². The first-order valence-corrected chi connectivity index (χ1v) is 9.08. The van der Waals surface area contributed by atoms with Gasteiger partial charge in [0.2, 0.25) is 5.13 Å². The normalized spacial score (nSPS) is 12.6. The maximum Gasteiger partial charge on any atom is 0.203 e. The molecule has 25 heavy (non-hydrogen) atoms. The van der Waals surface area contributed by atoms with Crippen molar-refractivity contribution in [2.45, 2.75) is 13.0 Å². The molecular formula is C20H22N4S. The van der Waals surface area contributed by atoms with Crippen molar-refractivity contribution in [2.24, 2.45) is 5.10 Å². The Morgan fingerprint density at radius 2 is 1.92 bits per heavy atom. The number of hydrogen-bond donors (Lipinski definition) is 1. The Bertz CT molecular complexity index is 840. The molecule has 5 heteroatoms. The molecule has 0 saturated heterocycles. The van der Waals surface area contributed by atoms with E-state index in [0.29, 0.717) is 6.04 Å². The molecule has 3 rings (SSSR count). The Balaban J connectivity index is 1.66. The van der Waals surface area contributed by atoms with Gasteiger partial charge in [0.1, 0.15) is 0 Å². The maximum absolute atomic E-state index is 4.57. The number of nitrogens with zero attached hydrogens (tertiary/aromatic N) is 3. The predicted molar refractivity (Wildman–Crippen MR) is 107 cm³/mol. The second kappa shape index (κ2) is 8.05. The number of aromatic nitrogens is 1. The first-order chi connectivity index (χ1) is 12.1. The van der Waals surface area contributed by atoms with Gasteiger partial charge in [0.15, 0.2) is 0 Å². The molecule has 0 spiro atoms. The monoisotopic (exact) mass is 350 g/mol. The van der Waals surface area contributed by atoms with Crippen molar-refractivity contribution in [1.82, 2.24) is 9.88 Å². The second-order valence-electron chi connectivity index (χ2n) is 6.08. The molecule has 1 unspecified atom stereocenters. The Hall–Kier alpha value is -2.50. The molecule has 1 N–H and O–H groups in total. The minimum atomic E-state index is 0.369. The fourth-order valence-electron chi connectivity index (χ4n) is 2.43. The SMILES string of the molecule is CC(c1cccc(C=NNc2nc(-c3ccccc3)cs2)c1)N(C)C. The summed E-state index contributed by atoms with van der Waals surface area (Å²) in [5, 5.41) is 7.14. The Morgan fingerprint density at radius 1 is 1.12 bits per heavy atom. The number of benzene rings is 2. The number of anilines is 1. The lowest BCUT2D eigenvalue weighted by atomic mass is 10.1. The van der Waals surface area contributed by atoms with Crippen LogP contribution in [0.25, 0.3) is 11.3 Å². The summed E-state index contributed by atoms with van der Waals surface area (Å²) >= 11 is 1.55. The standard InChI is InChI=1S/C20H22N4S/c1-15(24(2)3)18-11-7-8-16(12-18)13-21-23-20-22-19(14-25-20)17-9-5-4-6-10-17/h4-15H,1-3H3,(H,22,23). The molecule has 128 valence electrons. The summed E-state index contributed by atoms with van der Waals surface area (Å²) in [6.07, 6.45) is 1.83. The average Bonchev–Trinajstić information content (AvgIpc) is 3.11. The highest BCUT2D eigenvalue weighted by Gasteiger charge is 2.07. The van der Waals surface area contributed by atoms with Crippen LogP contribution in [0.3, 0.4) is 0 Å². The van der Waals surface area contributed by atoms with Crippen molar-refractivity contribution < 1.29 is 0 Å². The zero-order chi connectivity index (χ0) is 17.6. The first-order valence-electron chi connectivity index (χ1n) is 8.20. The van der Waals surface area contributed by atoms with Crippen LogP contribution in [0.1, 0.15) is 24.1 Å². The largest absolute Gasteiger partial charge is 0.303 e. The van der Waals surface area contributed by atoms with Crippen LogP contribution in [0.5, 0.6) is 0 Å². The van der Waals surface area contributed by atoms with Crippen LogP contribution in [0.4, 0.5) is 5.13 Å². The Labute approximate surface area is 152 Å². The van der Waals surface area contributed by atoms with Gasteiger partial charge in [0.25, 0.3) is 0 Å². The maximum atomic E-state index is 4.57. The molecule has 1 atom stereocenters. The summed E-state index contributed by atoms with van der Waals surface area (Å²) in [5.41, 5.74) is 7.44. The van der Waals surface area contributed by atoms with E-state index in [1.54, 1.807) is 11.3 Å². The van der Waals surface area contributed by atoms with E-state index in [1.807, 2.05) is 35.9 Å². The molecule has 0 saturated carbocycles. The Morgan fingerprint density at radius 3 is 2.68 bits per heavy atom. The minimum Gasteiger partial charge on any atom is -0.303 e. The molecule has 0 aliphatic carbocycles.